The average molecular weight is 263 g/mol. The molecule has 0 atom stereocenters. The fourth-order valence-electron chi connectivity index (χ4n) is 3.66. The first kappa shape index (κ1) is 14.9. The second-order valence-electron chi connectivity index (χ2n) is 6.71. The molecule has 0 aromatic rings. The van der Waals surface area contributed by atoms with Gasteiger partial charge in [-0.25, -0.2) is 0 Å². The number of rotatable bonds is 6. The number of unbranched alkanes of at least 4 members (excludes halogenated alkanes) is 2. The Bertz CT molecular complexity index is 244. The molecule has 2 aliphatic rings. The van der Waals surface area contributed by atoms with Gasteiger partial charge in [-0.15, -0.1) is 0 Å². The molecule has 110 valence electrons. The molecule has 19 heavy (non-hydrogen) atoms. The number of likely N-dealkylation sites (tertiary alicyclic amines) is 1. The van der Waals surface area contributed by atoms with E-state index in [1.165, 1.54) is 83.7 Å². The van der Waals surface area contributed by atoms with Gasteiger partial charge in [0.15, 0.2) is 0 Å². The first-order valence-electron chi connectivity index (χ1n) is 8.81. The van der Waals surface area contributed by atoms with E-state index < -0.39 is 0 Å². The molecule has 0 aromatic heterocycles. The summed E-state index contributed by atoms with van der Waals surface area (Å²) in [5.74, 6) is 1.93. The van der Waals surface area contributed by atoms with Crippen molar-refractivity contribution in [3.8, 4) is 0 Å². The summed E-state index contributed by atoms with van der Waals surface area (Å²) in [5, 5.41) is 0. The van der Waals surface area contributed by atoms with Crippen molar-refractivity contribution >= 4 is 0 Å². The van der Waals surface area contributed by atoms with Gasteiger partial charge in [-0.2, -0.15) is 0 Å². The Morgan fingerprint density at radius 3 is 2.37 bits per heavy atom. The third kappa shape index (κ3) is 5.58. The Balaban J connectivity index is 1.61. The Morgan fingerprint density at radius 2 is 1.68 bits per heavy atom. The lowest BCUT2D eigenvalue weighted by atomic mass is 9.80. The van der Waals surface area contributed by atoms with E-state index in [2.05, 4.69) is 24.1 Å². The lowest BCUT2D eigenvalue weighted by Gasteiger charge is -2.29. The van der Waals surface area contributed by atoms with Crippen LogP contribution in [-0.2, 0) is 0 Å². The van der Waals surface area contributed by atoms with Gasteiger partial charge in [0.05, 0.1) is 0 Å². The van der Waals surface area contributed by atoms with E-state index in [1.807, 2.05) is 0 Å². The topological polar surface area (TPSA) is 3.24 Å². The summed E-state index contributed by atoms with van der Waals surface area (Å²) in [5.41, 5.74) is 0. The van der Waals surface area contributed by atoms with Crippen molar-refractivity contribution in [1.82, 2.24) is 4.90 Å². The number of nitrogens with zero attached hydrogens (tertiary/aromatic N) is 1. The molecule has 2 rings (SSSR count). The first-order valence-corrected chi connectivity index (χ1v) is 8.81. The maximum absolute atomic E-state index is 2.54. The van der Waals surface area contributed by atoms with E-state index in [0.717, 1.165) is 11.8 Å². The Labute approximate surface area is 120 Å². The van der Waals surface area contributed by atoms with E-state index in [9.17, 15) is 0 Å². The minimum absolute atomic E-state index is 0.879. The molecule has 0 spiro atoms. The van der Waals surface area contributed by atoms with Crippen LogP contribution >= 0.6 is 0 Å². The normalized spacial score (nSPS) is 29.0. The van der Waals surface area contributed by atoms with Gasteiger partial charge in [0.25, 0.3) is 0 Å². The minimum atomic E-state index is 0.879. The molecule has 0 radical (unpaired) electrons. The van der Waals surface area contributed by atoms with Crippen molar-refractivity contribution in [2.75, 3.05) is 13.1 Å². The van der Waals surface area contributed by atoms with E-state index >= 15 is 0 Å². The van der Waals surface area contributed by atoms with Crippen molar-refractivity contribution in [3.63, 3.8) is 0 Å². The fourth-order valence-corrected chi connectivity index (χ4v) is 3.66. The molecule has 2 fully saturated rings. The highest BCUT2D eigenvalue weighted by molar-refractivity contribution is 4.91. The van der Waals surface area contributed by atoms with Crippen LogP contribution in [-0.4, -0.2) is 18.0 Å². The zero-order chi connectivity index (χ0) is 13.3. The number of hydrogen-bond donors (Lipinski definition) is 0. The molecule has 1 heterocycles. The van der Waals surface area contributed by atoms with Crippen molar-refractivity contribution in [3.05, 3.63) is 12.3 Å². The summed E-state index contributed by atoms with van der Waals surface area (Å²) >= 11 is 0. The van der Waals surface area contributed by atoms with E-state index in [0.29, 0.717) is 0 Å². The monoisotopic (exact) mass is 263 g/mol. The SMILES string of the molecule is CCCCCC1CCC(C=CN2CCCCC2)CC1. The minimum Gasteiger partial charge on any atom is -0.378 e. The molecule has 0 unspecified atom stereocenters. The molecular weight excluding hydrogens is 230 g/mol. The summed E-state index contributed by atoms with van der Waals surface area (Å²) in [6, 6.07) is 0. The average Bonchev–Trinajstić information content (AvgIpc) is 2.48. The molecule has 1 saturated heterocycles. The summed E-state index contributed by atoms with van der Waals surface area (Å²) in [4.78, 5) is 2.54. The molecule has 0 aromatic carbocycles. The second-order valence-corrected chi connectivity index (χ2v) is 6.71. The van der Waals surface area contributed by atoms with E-state index in [-0.39, 0.29) is 0 Å². The largest absolute Gasteiger partial charge is 0.378 e. The quantitative estimate of drug-likeness (QED) is 0.582. The van der Waals surface area contributed by atoms with Gasteiger partial charge in [-0.05, 0) is 63.0 Å². The highest BCUT2D eigenvalue weighted by atomic mass is 15.1. The Kier molecular flexibility index (Phi) is 6.81. The van der Waals surface area contributed by atoms with Crippen LogP contribution in [0.5, 0.6) is 0 Å². The number of hydrogen-bond acceptors (Lipinski definition) is 1. The molecule has 0 amide bonds. The molecular formula is C18H33N. The highest BCUT2D eigenvalue weighted by Gasteiger charge is 2.19. The number of piperidine rings is 1. The summed E-state index contributed by atoms with van der Waals surface area (Å²) in [6.45, 7) is 4.90. The summed E-state index contributed by atoms with van der Waals surface area (Å²) < 4.78 is 0. The van der Waals surface area contributed by atoms with Gasteiger partial charge in [-0.3, -0.25) is 0 Å². The van der Waals surface area contributed by atoms with Crippen LogP contribution in [0.25, 0.3) is 0 Å². The maximum atomic E-state index is 2.54. The van der Waals surface area contributed by atoms with Crippen LogP contribution < -0.4 is 0 Å². The van der Waals surface area contributed by atoms with Gasteiger partial charge >= 0.3 is 0 Å². The summed E-state index contributed by atoms with van der Waals surface area (Å²) in [6.07, 6.45) is 20.8. The van der Waals surface area contributed by atoms with Crippen molar-refractivity contribution < 1.29 is 0 Å². The van der Waals surface area contributed by atoms with E-state index in [4.69, 9.17) is 0 Å². The fraction of sp³-hybridized carbons (Fsp3) is 0.889. The molecule has 1 aliphatic heterocycles. The Hall–Kier alpha value is -0.460. The molecule has 1 nitrogen and oxygen atoms in total. The van der Waals surface area contributed by atoms with Crippen molar-refractivity contribution in [2.24, 2.45) is 11.8 Å². The molecule has 1 heteroatoms. The van der Waals surface area contributed by atoms with Crippen molar-refractivity contribution in [2.45, 2.75) is 77.6 Å². The zero-order valence-corrected chi connectivity index (χ0v) is 12.9. The van der Waals surface area contributed by atoms with Crippen LogP contribution in [0.15, 0.2) is 12.3 Å². The smallest absolute Gasteiger partial charge is 0.0172 e. The molecule has 0 bridgehead atoms. The third-order valence-corrected chi connectivity index (χ3v) is 5.07. The standard InChI is InChI=1S/C18H33N/c1-2-3-5-8-17-9-11-18(12-10-17)13-16-19-14-6-4-7-15-19/h13,16-18H,2-12,14-15H2,1H3. The molecule has 1 saturated carbocycles. The second kappa shape index (κ2) is 8.66. The summed E-state index contributed by atoms with van der Waals surface area (Å²) in [7, 11) is 0. The van der Waals surface area contributed by atoms with Crippen LogP contribution in [0, 0.1) is 11.8 Å². The Morgan fingerprint density at radius 1 is 0.947 bits per heavy atom. The lowest BCUT2D eigenvalue weighted by molar-refractivity contribution is 0.280. The predicted molar refractivity (Wildman–Crippen MR) is 84.2 cm³/mol. The van der Waals surface area contributed by atoms with E-state index in [1.54, 1.807) is 0 Å². The molecule has 1 aliphatic carbocycles. The third-order valence-electron chi connectivity index (χ3n) is 5.07. The molecule has 0 N–H and O–H groups in total. The maximum Gasteiger partial charge on any atom is 0.0172 e. The van der Waals surface area contributed by atoms with Gasteiger partial charge in [0.1, 0.15) is 0 Å². The van der Waals surface area contributed by atoms with Gasteiger partial charge in [0, 0.05) is 13.1 Å². The van der Waals surface area contributed by atoms with Crippen molar-refractivity contribution in [1.29, 1.82) is 0 Å². The predicted octanol–water partition coefficient (Wildman–Crippen LogP) is 5.37. The van der Waals surface area contributed by atoms with Gasteiger partial charge < -0.3 is 4.90 Å². The van der Waals surface area contributed by atoms with Crippen LogP contribution in [0.1, 0.15) is 77.6 Å². The first-order chi connectivity index (χ1) is 9.38. The highest BCUT2D eigenvalue weighted by Crippen LogP contribution is 2.32. The van der Waals surface area contributed by atoms with Crippen LogP contribution in [0.4, 0.5) is 0 Å². The van der Waals surface area contributed by atoms with Crippen LogP contribution in [0.3, 0.4) is 0 Å². The van der Waals surface area contributed by atoms with Crippen LogP contribution in [0.2, 0.25) is 0 Å². The number of allylic oxidation sites excluding steroid dienone is 1. The van der Waals surface area contributed by atoms with Gasteiger partial charge in [-0.1, -0.05) is 38.7 Å². The lowest BCUT2D eigenvalue weighted by Crippen LogP contribution is -2.24. The van der Waals surface area contributed by atoms with Gasteiger partial charge in [0.2, 0.25) is 0 Å². The zero-order valence-electron chi connectivity index (χ0n) is 12.9.